The van der Waals surface area contributed by atoms with Gasteiger partial charge in [-0.2, -0.15) is 5.10 Å². The summed E-state index contributed by atoms with van der Waals surface area (Å²) in [7, 11) is 0. The van der Waals surface area contributed by atoms with Crippen LogP contribution in [-0.4, -0.2) is 44.8 Å². The van der Waals surface area contributed by atoms with Crippen LogP contribution < -0.4 is 10.1 Å². The third kappa shape index (κ3) is 3.76. The Morgan fingerprint density at radius 2 is 2.00 bits per heavy atom. The second kappa shape index (κ2) is 7.72. The summed E-state index contributed by atoms with van der Waals surface area (Å²) in [5, 5.41) is 8.17. The minimum absolute atomic E-state index is 0.00412. The molecule has 4 heterocycles. The molecular weight excluding hydrogens is 390 g/mol. The molecule has 2 aliphatic rings. The summed E-state index contributed by atoms with van der Waals surface area (Å²) in [6.45, 7) is 5.56. The number of likely N-dealkylation sites (tertiary alicyclic amines) is 1. The second-order valence-electron chi connectivity index (χ2n) is 8.91. The molecule has 31 heavy (non-hydrogen) atoms. The largest absolute Gasteiger partial charge is 0.487 e. The maximum absolute atomic E-state index is 13.4. The molecule has 0 saturated carbocycles. The summed E-state index contributed by atoms with van der Waals surface area (Å²) in [6, 6.07) is 14.2. The summed E-state index contributed by atoms with van der Waals surface area (Å²) < 4.78 is 7.96. The SMILES string of the molecule is CC1(C)CC(c2ccccc2)Nc2c(C(=O)N3CCC(Oc4cccnc4)C3)cnn21. The highest BCUT2D eigenvalue weighted by Crippen LogP contribution is 2.40. The minimum atomic E-state index is -0.198. The van der Waals surface area contributed by atoms with Crippen molar-refractivity contribution in [1.82, 2.24) is 19.7 Å². The Labute approximate surface area is 182 Å². The van der Waals surface area contributed by atoms with Crippen LogP contribution in [0.4, 0.5) is 5.82 Å². The number of benzene rings is 1. The molecule has 0 bridgehead atoms. The van der Waals surface area contributed by atoms with E-state index in [1.165, 1.54) is 5.56 Å². The van der Waals surface area contributed by atoms with Crippen molar-refractivity contribution in [2.75, 3.05) is 18.4 Å². The maximum atomic E-state index is 13.4. The van der Waals surface area contributed by atoms with Gasteiger partial charge in [0, 0.05) is 19.2 Å². The number of hydrogen-bond acceptors (Lipinski definition) is 5. The molecule has 3 aromatic rings. The first-order valence-corrected chi connectivity index (χ1v) is 10.8. The van der Waals surface area contributed by atoms with E-state index >= 15 is 0 Å². The Morgan fingerprint density at radius 1 is 1.16 bits per heavy atom. The number of anilines is 1. The van der Waals surface area contributed by atoms with Gasteiger partial charge in [-0.3, -0.25) is 9.78 Å². The topological polar surface area (TPSA) is 72.3 Å². The number of nitrogens with zero attached hydrogens (tertiary/aromatic N) is 4. The van der Waals surface area contributed by atoms with Crippen LogP contribution in [0, 0.1) is 0 Å². The van der Waals surface area contributed by atoms with Crippen LogP contribution >= 0.6 is 0 Å². The number of carbonyl (C=O) groups is 1. The zero-order valence-electron chi connectivity index (χ0n) is 17.9. The van der Waals surface area contributed by atoms with Gasteiger partial charge >= 0.3 is 0 Å². The first-order chi connectivity index (χ1) is 15.0. The van der Waals surface area contributed by atoms with E-state index in [-0.39, 0.29) is 23.6 Å². The van der Waals surface area contributed by atoms with Gasteiger partial charge in [0.2, 0.25) is 0 Å². The van der Waals surface area contributed by atoms with Gasteiger partial charge in [0.25, 0.3) is 5.91 Å². The zero-order chi connectivity index (χ0) is 21.4. The lowest BCUT2D eigenvalue weighted by molar-refractivity contribution is 0.0772. The molecule has 1 N–H and O–H groups in total. The summed E-state index contributed by atoms with van der Waals surface area (Å²) in [6.07, 6.45) is 6.79. The average Bonchev–Trinajstić information content (AvgIpc) is 3.42. The molecule has 2 atom stereocenters. The number of pyridine rings is 1. The van der Waals surface area contributed by atoms with E-state index in [1.54, 1.807) is 18.6 Å². The molecule has 1 saturated heterocycles. The number of rotatable bonds is 4. The van der Waals surface area contributed by atoms with E-state index in [4.69, 9.17) is 4.74 Å². The molecule has 7 nitrogen and oxygen atoms in total. The molecule has 1 amide bonds. The predicted molar refractivity (Wildman–Crippen MR) is 118 cm³/mol. The number of fused-ring (bicyclic) bond motifs is 1. The van der Waals surface area contributed by atoms with Gasteiger partial charge in [0.1, 0.15) is 23.2 Å². The smallest absolute Gasteiger partial charge is 0.259 e. The first kappa shape index (κ1) is 19.6. The van der Waals surface area contributed by atoms with Crippen LogP contribution in [-0.2, 0) is 5.54 Å². The number of amides is 1. The Morgan fingerprint density at radius 3 is 2.77 bits per heavy atom. The highest BCUT2D eigenvalue weighted by Gasteiger charge is 2.38. The fourth-order valence-corrected chi connectivity index (χ4v) is 4.58. The predicted octanol–water partition coefficient (Wildman–Crippen LogP) is 3.86. The molecule has 1 aromatic carbocycles. The van der Waals surface area contributed by atoms with Gasteiger partial charge < -0.3 is 15.0 Å². The third-order valence-electron chi connectivity index (χ3n) is 6.16. The average molecular weight is 418 g/mol. The van der Waals surface area contributed by atoms with Crippen molar-refractivity contribution in [1.29, 1.82) is 0 Å². The Kier molecular flexibility index (Phi) is 4.88. The lowest BCUT2D eigenvalue weighted by atomic mass is 9.89. The van der Waals surface area contributed by atoms with Gasteiger partial charge in [-0.15, -0.1) is 0 Å². The fourth-order valence-electron chi connectivity index (χ4n) is 4.58. The van der Waals surface area contributed by atoms with Crippen LogP contribution in [0.1, 0.15) is 48.7 Å². The van der Waals surface area contributed by atoms with Crippen molar-refractivity contribution >= 4 is 11.7 Å². The van der Waals surface area contributed by atoms with Crippen LogP contribution in [0.2, 0.25) is 0 Å². The molecule has 0 spiro atoms. The van der Waals surface area contributed by atoms with Gasteiger partial charge in [0.05, 0.1) is 30.5 Å². The normalized spacial score (nSPS) is 21.9. The van der Waals surface area contributed by atoms with E-state index in [1.807, 2.05) is 27.8 Å². The Bertz CT molecular complexity index is 1060. The van der Waals surface area contributed by atoms with Crippen molar-refractivity contribution in [2.45, 2.75) is 44.4 Å². The monoisotopic (exact) mass is 417 g/mol. The molecule has 2 aliphatic heterocycles. The molecule has 5 rings (SSSR count). The van der Waals surface area contributed by atoms with Crippen LogP contribution in [0.15, 0.2) is 61.1 Å². The van der Waals surface area contributed by atoms with E-state index < -0.39 is 0 Å². The molecule has 0 aliphatic carbocycles. The maximum Gasteiger partial charge on any atom is 0.259 e. The summed E-state index contributed by atoms with van der Waals surface area (Å²) >= 11 is 0. The van der Waals surface area contributed by atoms with Crippen molar-refractivity contribution in [3.63, 3.8) is 0 Å². The lowest BCUT2D eigenvalue weighted by Crippen LogP contribution is -2.39. The molecule has 2 unspecified atom stereocenters. The van der Waals surface area contributed by atoms with Gasteiger partial charge in [-0.25, -0.2) is 4.68 Å². The quantitative estimate of drug-likeness (QED) is 0.698. The second-order valence-corrected chi connectivity index (χ2v) is 8.91. The van der Waals surface area contributed by atoms with Gasteiger partial charge in [-0.05, 0) is 38.0 Å². The van der Waals surface area contributed by atoms with E-state index in [0.717, 1.165) is 24.4 Å². The van der Waals surface area contributed by atoms with E-state index in [2.05, 4.69) is 53.5 Å². The van der Waals surface area contributed by atoms with Crippen molar-refractivity contribution in [3.05, 3.63) is 72.2 Å². The number of carbonyl (C=O) groups excluding carboxylic acids is 1. The van der Waals surface area contributed by atoms with Gasteiger partial charge in [-0.1, -0.05) is 30.3 Å². The third-order valence-corrected chi connectivity index (χ3v) is 6.16. The van der Waals surface area contributed by atoms with E-state index in [0.29, 0.717) is 18.7 Å². The molecule has 0 radical (unpaired) electrons. The highest BCUT2D eigenvalue weighted by atomic mass is 16.5. The molecule has 2 aromatic heterocycles. The fraction of sp³-hybridized carbons (Fsp3) is 0.375. The number of nitrogens with one attached hydrogen (secondary N) is 1. The van der Waals surface area contributed by atoms with Crippen LogP contribution in [0.5, 0.6) is 5.75 Å². The lowest BCUT2D eigenvalue weighted by Gasteiger charge is -2.38. The summed E-state index contributed by atoms with van der Waals surface area (Å²) in [5.74, 6) is 1.53. The summed E-state index contributed by atoms with van der Waals surface area (Å²) in [4.78, 5) is 19.3. The van der Waals surface area contributed by atoms with Crippen molar-refractivity contribution < 1.29 is 9.53 Å². The highest BCUT2D eigenvalue weighted by molar-refractivity contribution is 5.99. The van der Waals surface area contributed by atoms with Crippen molar-refractivity contribution in [3.8, 4) is 5.75 Å². The summed E-state index contributed by atoms with van der Waals surface area (Å²) in [5.41, 5.74) is 1.64. The molecule has 1 fully saturated rings. The molecule has 160 valence electrons. The Balaban J connectivity index is 1.35. The zero-order valence-corrected chi connectivity index (χ0v) is 17.9. The van der Waals surface area contributed by atoms with Crippen molar-refractivity contribution in [2.24, 2.45) is 0 Å². The number of ether oxygens (including phenoxy) is 1. The van der Waals surface area contributed by atoms with Crippen LogP contribution in [0.25, 0.3) is 0 Å². The molecular formula is C24H27N5O2. The number of aromatic nitrogens is 3. The standard InChI is InChI=1S/C24H27N5O2/c1-24(2)13-21(17-7-4-3-5-8-17)27-22-20(15-26-29(22)24)23(30)28-12-10-19(16-28)31-18-9-6-11-25-14-18/h3-9,11,14-15,19,21,27H,10,12-13,16H2,1-2H3. The van der Waals surface area contributed by atoms with E-state index in [9.17, 15) is 4.79 Å². The number of hydrogen-bond donors (Lipinski definition) is 1. The van der Waals surface area contributed by atoms with Crippen LogP contribution in [0.3, 0.4) is 0 Å². The molecule has 7 heteroatoms. The minimum Gasteiger partial charge on any atom is -0.487 e. The first-order valence-electron chi connectivity index (χ1n) is 10.8. The van der Waals surface area contributed by atoms with Gasteiger partial charge in [0.15, 0.2) is 0 Å². The Hall–Kier alpha value is -3.35.